The van der Waals surface area contributed by atoms with Gasteiger partial charge in [-0.1, -0.05) is 56.4 Å². The van der Waals surface area contributed by atoms with Gasteiger partial charge in [-0.25, -0.2) is 0 Å². The zero-order valence-electron chi connectivity index (χ0n) is 32.1. The quantitative estimate of drug-likeness (QED) is 0.0634. The Morgan fingerprint density at radius 2 is 1.11 bits per heavy atom. The second-order valence-electron chi connectivity index (χ2n) is 12.7. The summed E-state index contributed by atoms with van der Waals surface area (Å²) in [5.74, 6) is 4.97. The fourth-order valence-electron chi connectivity index (χ4n) is 6.27. The van der Waals surface area contributed by atoms with Crippen molar-refractivity contribution in [3.8, 4) is 46.0 Å². The molecule has 11 heteroatoms. The summed E-state index contributed by atoms with van der Waals surface area (Å²) >= 11 is 0. The highest BCUT2D eigenvalue weighted by atomic mass is 16.5. The molecule has 5 rings (SSSR count). The number of carbonyl (C=O) groups is 1. The summed E-state index contributed by atoms with van der Waals surface area (Å²) < 4.78 is 45.0. The van der Waals surface area contributed by atoms with E-state index in [1.54, 1.807) is 48.7 Å². The van der Waals surface area contributed by atoms with Crippen molar-refractivity contribution in [1.29, 1.82) is 0 Å². The van der Waals surface area contributed by atoms with E-state index in [1.807, 2.05) is 72.8 Å². The maximum Gasteiger partial charge on any atom is 0.255 e. The van der Waals surface area contributed by atoms with Crippen molar-refractivity contribution < 1.29 is 42.7 Å². The van der Waals surface area contributed by atoms with Gasteiger partial charge in [0.05, 0.1) is 61.4 Å². The Hall–Kier alpha value is -5.71. The Bertz CT molecular complexity index is 1850. The third-order valence-corrected chi connectivity index (χ3v) is 9.21. The van der Waals surface area contributed by atoms with Gasteiger partial charge < -0.3 is 48.5 Å². The number of methoxy groups -OCH3 is 6. The Balaban J connectivity index is 0.989. The molecular weight excluding hydrogens is 688 g/mol. The first-order valence-electron chi connectivity index (χ1n) is 18.3. The van der Waals surface area contributed by atoms with E-state index in [4.69, 9.17) is 37.9 Å². The molecule has 1 aliphatic rings. The fourth-order valence-corrected chi connectivity index (χ4v) is 6.27. The zero-order chi connectivity index (χ0) is 38.3. The van der Waals surface area contributed by atoms with Crippen molar-refractivity contribution in [1.82, 2.24) is 5.32 Å². The predicted molar refractivity (Wildman–Crippen MR) is 211 cm³/mol. The lowest BCUT2D eigenvalue weighted by atomic mass is 10.0. The highest BCUT2D eigenvalue weighted by molar-refractivity contribution is 6.02. The Morgan fingerprint density at radius 1 is 0.519 bits per heavy atom. The molecule has 54 heavy (non-hydrogen) atoms. The largest absolute Gasteiger partial charge is 0.497 e. The lowest BCUT2D eigenvalue weighted by molar-refractivity contribution is 0.0935. The van der Waals surface area contributed by atoms with Gasteiger partial charge in [0, 0.05) is 5.69 Å². The van der Waals surface area contributed by atoms with Crippen molar-refractivity contribution >= 4 is 23.7 Å². The molecule has 4 aromatic rings. The van der Waals surface area contributed by atoms with Gasteiger partial charge in [-0.15, -0.1) is 0 Å². The van der Waals surface area contributed by atoms with Gasteiger partial charge in [0.2, 0.25) is 5.75 Å². The summed E-state index contributed by atoms with van der Waals surface area (Å²) in [5.41, 5.74) is 4.07. The third-order valence-electron chi connectivity index (χ3n) is 9.21. The number of nitrogens with one attached hydrogen (secondary N) is 2. The fraction of sp³-hybridized carbons (Fsp3) is 0.372. The molecule has 1 unspecified atom stereocenters. The van der Waals surface area contributed by atoms with Crippen LogP contribution >= 0.6 is 0 Å². The average Bonchev–Trinajstić information content (AvgIpc) is 3.21. The minimum Gasteiger partial charge on any atom is -0.497 e. The molecule has 0 radical (unpaired) electrons. The smallest absolute Gasteiger partial charge is 0.255 e. The van der Waals surface area contributed by atoms with Gasteiger partial charge in [-0.3, -0.25) is 4.79 Å². The second kappa shape index (κ2) is 19.9. The molecule has 2 N–H and O–H groups in total. The molecule has 1 aliphatic heterocycles. The molecule has 0 fully saturated rings. The van der Waals surface area contributed by atoms with Crippen LogP contribution in [0.4, 0.5) is 5.69 Å². The minimum absolute atomic E-state index is 0.165. The molecule has 0 spiro atoms. The highest BCUT2D eigenvalue weighted by Gasteiger charge is 2.26. The number of unbranched alkanes of at least 4 members (excludes halogenated alkanes) is 6. The minimum atomic E-state index is -0.391. The van der Waals surface area contributed by atoms with Gasteiger partial charge in [0.1, 0.15) is 11.9 Å². The van der Waals surface area contributed by atoms with E-state index in [-0.39, 0.29) is 5.91 Å². The maximum absolute atomic E-state index is 12.8. The molecule has 0 saturated heterocycles. The molecule has 288 valence electrons. The topological polar surface area (TPSA) is 115 Å². The Morgan fingerprint density at radius 3 is 1.74 bits per heavy atom. The molecule has 1 amide bonds. The van der Waals surface area contributed by atoms with Crippen LogP contribution in [0.25, 0.3) is 12.2 Å². The second-order valence-corrected chi connectivity index (χ2v) is 12.7. The van der Waals surface area contributed by atoms with Crippen LogP contribution in [0, 0.1) is 0 Å². The van der Waals surface area contributed by atoms with Gasteiger partial charge in [0.15, 0.2) is 34.5 Å². The first kappa shape index (κ1) is 39.5. The van der Waals surface area contributed by atoms with E-state index in [0.717, 1.165) is 66.7 Å². The maximum atomic E-state index is 12.8. The summed E-state index contributed by atoms with van der Waals surface area (Å²) in [6.45, 7) is 1.23. The number of hydrogen-bond donors (Lipinski definition) is 2. The number of rotatable bonds is 21. The lowest BCUT2D eigenvalue weighted by Gasteiger charge is -2.28. The van der Waals surface area contributed by atoms with E-state index in [1.165, 1.54) is 6.42 Å². The number of anilines is 1. The Labute approximate surface area is 318 Å². The van der Waals surface area contributed by atoms with Gasteiger partial charge in [-0.05, 0) is 84.1 Å². The van der Waals surface area contributed by atoms with Crippen LogP contribution in [0.15, 0.2) is 66.7 Å². The molecule has 1 atom stereocenters. The van der Waals surface area contributed by atoms with E-state index in [2.05, 4.69) is 10.6 Å². The van der Waals surface area contributed by atoms with Crippen LogP contribution in [0.5, 0.6) is 46.0 Å². The summed E-state index contributed by atoms with van der Waals surface area (Å²) in [5, 5.41) is 6.38. The molecule has 11 nitrogen and oxygen atoms in total. The van der Waals surface area contributed by atoms with Gasteiger partial charge >= 0.3 is 0 Å². The molecule has 4 aromatic carbocycles. The molecule has 0 aliphatic carbocycles. The standard InChI is InChI=1S/C43H52N2O9/c1-47-32-18-19-34-33(28-32)43(46)45-42(44-34)31-17-21-36(37(27-31)49-3)53-22-12-10-8-7-9-11-13-23-54-38-24-29(16-20-35(38)48-2)14-15-30-25-39(50-4)41(52-6)40(26-30)51-5/h14-21,24-28,42,44H,7-13,22-23H2,1-6H3,(H,45,46). The molecular formula is C43H52N2O9. The van der Waals surface area contributed by atoms with Gasteiger partial charge in [-0.2, -0.15) is 0 Å². The van der Waals surface area contributed by atoms with Crippen LogP contribution in [0.2, 0.25) is 0 Å². The third kappa shape index (κ3) is 10.2. The first-order chi connectivity index (χ1) is 26.4. The molecule has 0 aromatic heterocycles. The first-order valence-corrected chi connectivity index (χ1v) is 18.3. The highest BCUT2D eigenvalue weighted by Crippen LogP contribution is 2.39. The number of benzene rings is 4. The summed E-state index contributed by atoms with van der Waals surface area (Å²) in [6, 6.07) is 20.9. The van der Waals surface area contributed by atoms with Crippen LogP contribution in [-0.4, -0.2) is 61.8 Å². The van der Waals surface area contributed by atoms with Crippen molar-refractivity contribution in [2.45, 2.75) is 51.1 Å². The number of carbonyl (C=O) groups excluding carboxylic acids is 1. The summed E-state index contributed by atoms with van der Waals surface area (Å²) in [4.78, 5) is 12.8. The monoisotopic (exact) mass is 740 g/mol. The van der Waals surface area contributed by atoms with Crippen LogP contribution in [-0.2, 0) is 0 Å². The molecule has 0 saturated carbocycles. The van der Waals surface area contributed by atoms with E-state index in [9.17, 15) is 4.79 Å². The van der Waals surface area contributed by atoms with Crippen molar-refractivity contribution in [2.24, 2.45) is 0 Å². The number of hydrogen-bond acceptors (Lipinski definition) is 10. The van der Waals surface area contributed by atoms with Gasteiger partial charge in [0.25, 0.3) is 5.91 Å². The lowest BCUT2D eigenvalue weighted by Crippen LogP contribution is -2.38. The number of ether oxygens (including phenoxy) is 8. The van der Waals surface area contributed by atoms with Crippen molar-refractivity contribution in [3.05, 3.63) is 89.0 Å². The van der Waals surface area contributed by atoms with E-state index < -0.39 is 6.17 Å². The van der Waals surface area contributed by atoms with E-state index >= 15 is 0 Å². The summed E-state index contributed by atoms with van der Waals surface area (Å²) in [7, 11) is 9.66. The summed E-state index contributed by atoms with van der Waals surface area (Å²) in [6.07, 6.45) is 11.2. The van der Waals surface area contributed by atoms with Crippen molar-refractivity contribution in [2.75, 3.05) is 61.2 Å². The van der Waals surface area contributed by atoms with Crippen LogP contribution in [0.3, 0.4) is 0 Å². The normalized spacial score (nSPS) is 13.4. The van der Waals surface area contributed by atoms with Crippen molar-refractivity contribution in [3.63, 3.8) is 0 Å². The Kier molecular flexibility index (Phi) is 14.6. The number of amides is 1. The predicted octanol–water partition coefficient (Wildman–Crippen LogP) is 8.95. The molecule has 1 heterocycles. The SMILES string of the molecule is COc1ccc2c(c1)C(=O)NC(c1ccc(OCCCCCCCCCOc3cc(C=Cc4cc(OC)c(OC)c(OC)c4)ccc3OC)c(OC)c1)N2. The zero-order valence-corrected chi connectivity index (χ0v) is 32.1. The van der Waals surface area contributed by atoms with E-state index in [0.29, 0.717) is 59.0 Å². The number of fused-ring (bicyclic) bond motifs is 1. The van der Waals surface area contributed by atoms with Crippen LogP contribution < -0.4 is 48.5 Å². The molecule has 0 bridgehead atoms. The average molecular weight is 741 g/mol. The van der Waals surface area contributed by atoms with Crippen LogP contribution in [0.1, 0.15) is 78.2 Å².